The SMILES string of the molecule is CCOC(=O)Nc1ccccc1Oc1ccc(C)cc1. The molecule has 2 rings (SSSR count). The molecule has 0 aliphatic rings. The Morgan fingerprint density at radius 2 is 1.80 bits per heavy atom. The molecule has 2 aromatic carbocycles. The maximum Gasteiger partial charge on any atom is 0.411 e. The molecule has 0 saturated carbocycles. The number of anilines is 1. The fourth-order valence-corrected chi connectivity index (χ4v) is 1.67. The molecule has 0 unspecified atom stereocenters. The van der Waals surface area contributed by atoms with Crippen LogP contribution in [0.3, 0.4) is 0 Å². The minimum absolute atomic E-state index is 0.326. The first-order valence-electron chi connectivity index (χ1n) is 6.46. The topological polar surface area (TPSA) is 47.6 Å². The van der Waals surface area contributed by atoms with E-state index in [0.29, 0.717) is 23.8 Å². The molecule has 4 nitrogen and oxygen atoms in total. The second kappa shape index (κ2) is 6.61. The number of nitrogens with one attached hydrogen (secondary N) is 1. The van der Waals surface area contributed by atoms with Crippen LogP contribution in [0.1, 0.15) is 12.5 Å². The number of hydrogen-bond acceptors (Lipinski definition) is 3. The zero-order chi connectivity index (χ0) is 14.4. The summed E-state index contributed by atoms with van der Waals surface area (Å²) in [6.07, 6.45) is -0.493. The maximum absolute atomic E-state index is 11.5. The largest absolute Gasteiger partial charge is 0.455 e. The number of carbonyl (C=O) groups is 1. The molecule has 0 fully saturated rings. The molecule has 20 heavy (non-hydrogen) atoms. The number of rotatable bonds is 4. The third-order valence-corrected chi connectivity index (χ3v) is 2.65. The molecule has 0 aliphatic heterocycles. The van der Waals surface area contributed by atoms with E-state index in [0.717, 1.165) is 5.56 Å². The first-order valence-corrected chi connectivity index (χ1v) is 6.46. The fraction of sp³-hybridized carbons (Fsp3) is 0.188. The highest BCUT2D eigenvalue weighted by atomic mass is 16.5. The van der Waals surface area contributed by atoms with Crippen LogP contribution in [0.25, 0.3) is 0 Å². The first-order chi connectivity index (χ1) is 9.69. The number of ether oxygens (including phenoxy) is 2. The van der Waals surface area contributed by atoms with Crippen molar-refractivity contribution in [1.29, 1.82) is 0 Å². The van der Waals surface area contributed by atoms with Gasteiger partial charge in [0, 0.05) is 0 Å². The molecular weight excluding hydrogens is 254 g/mol. The Bertz CT molecular complexity index is 579. The lowest BCUT2D eigenvalue weighted by atomic mass is 10.2. The maximum atomic E-state index is 11.5. The Balaban J connectivity index is 2.15. The number of para-hydroxylation sites is 2. The number of carbonyl (C=O) groups excluding carboxylic acids is 1. The van der Waals surface area contributed by atoms with Crippen LogP contribution in [0.4, 0.5) is 10.5 Å². The molecule has 0 spiro atoms. The van der Waals surface area contributed by atoms with E-state index in [2.05, 4.69) is 5.32 Å². The minimum Gasteiger partial charge on any atom is -0.455 e. The third-order valence-electron chi connectivity index (χ3n) is 2.65. The molecular formula is C16H17NO3. The highest BCUT2D eigenvalue weighted by molar-refractivity contribution is 5.86. The lowest BCUT2D eigenvalue weighted by Gasteiger charge is -2.12. The molecule has 0 atom stereocenters. The molecule has 0 aliphatic carbocycles. The van der Waals surface area contributed by atoms with Crippen molar-refractivity contribution in [3.63, 3.8) is 0 Å². The highest BCUT2D eigenvalue weighted by Crippen LogP contribution is 2.29. The van der Waals surface area contributed by atoms with Gasteiger partial charge in [0.15, 0.2) is 5.75 Å². The van der Waals surface area contributed by atoms with Gasteiger partial charge in [-0.1, -0.05) is 29.8 Å². The quantitative estimate of drug-likeness (QED) is 0.899. The van der Waals surface area contributed by atoms with E-state index in [1.807, 2.05) is 43.3 Å². The summed E-state index contributed by atoms with van der Waals surface area (Å²) in [5, 5.41) is 2.66. The van der Waals surface area contributed by atoms with Crippen molar-refractivity contribution in [2.45, 2.75) is 13.8 Å². The van der Waals surface area contributed by atoms with Crippen molar-refractivity contribution in [1.82, 2.24) is 0 Å². The van der Waals surface area contributed by atoms with E-state index in [1.165, 1.54) is 0 Å². The monoisotopic (exact) mass is 271 g/mol. The lowest BCUT2D eigenvalue weighted by molar-refractivity contribution is 0.168. The van der Waals surface area contributed by atoms with Gasteiger partial charge in [-0.15, -0.1) is 0 Å². The minimum atomic E-state index is -0.493. The second-order valence-corrected chi connectivity index (χ2v) is 4.26. The van der Waals surface area contributed by atoms with Crippen LogP contribution in [0.2, 0.25) is 0 Å². The van der Waals surface area contributed by atoms with Crippen molar-refractivity contribution < 1.29 is 14.3 Å². The summed E-state index contributed by atoms with van der Waals surface area (Å²) in [7, 11) is 0. The molecule has 0 saturated heterocycles. The van der Waals surface area contributed by atoms with Gasteiger partial charge in [0.25, 0.3) is 0 Å². The molecule has 104 valence electrons. The molecule has 0 heterocycles. The van der Waals surface area contributed by atoms with Crippen LogP contribution in [0.5, 0.6) is 11.5 Å². The molecule has 2 aromatic rings. The number of amides is 1. The zero-order valence-electron chi connectivity index (χ0n) is 11.6. The summed E-state index contributed by atoms with van der Waals surface area (Å²) in [6.45, 7) is 4.10. The standard InChI is InChI=1S/C16H17NO3/c1-3-19-16(18)17-14-6-4-5-7-15(14)20-13-10-8-12(2)9-11-13/h4-11H,3H2,1-2H3,(H,17,18). The van der Waals surface area contributed by atoms with Crippen LogP contribution >= 0.6 is 0 Å². The van der Waals surface area contributed by atoms with E-state index in [4.69, 9.17) is 9.47 Å². The lowest BCUT2D eigenvalue weighted by Crippen LogP contribution is -2.13. The fourth-order valence-electron chi connectivity index (χ4n) is 1.67. The number of hydrogen-bond donors (Lipinski definition) is 1. The van der Waals surface area contributed by atoms with Crippen LogP contribution in [0.15, 0.2) is 48.5 Å². The first kappa shape index (κ1) is 13.9. The second-order valence-electron chi connectivity index (χ2n) is 4.26. The third kappa shape index (κ3) is 3.75. The van der Waals surface area contributed by atoms with Gasteiger partial charge in [-0.2, -0.15) is 0 Å². The summed E-state index contributed by atoms with van der Waals surface area (Å²) in [6, 6.07) is 14.9. The van der Waals surface area contributed by atoms with Crippen LogP contribution in [-0.4, -0.2) is 12.7 Å². The number of benzene rings is 2. The van der Waals surface area contributed by atoms with Crippen molar-refractivity contribution in [2.24, 2.45) is 0 Å². The van der Waals surface area contributed by atoms with Gasteiger partial charge < -0.3 is 9.47 Å². The Kier molecular flexibility index (Phi) is 4.60. The van der Waals surface area contributed by atoms with Crippen LogP contribution in [-0.2, 0) is 4.74 Å². The molecule has 1 N–H and O–H groups in total. The predicted molar refractivity (Wildman–Crippen MR) is 78.3 cm³/mol. The normalized spacial score (nSPS) is 9.90. The average Bonchev–Trinajstić information content (AvgIpc) is 2.44. The van der Waals surface area contributed by atoms with Gasteiger partial charge in [-0.25, -0.2) is 4.79 Å². The summed E-state index contributed by atoms with van der Waals surface area (Å²) in [5.41, 5.74) is 1.74. The van der Waals surface area contributed by atoms with Gasteiger partial charge in [-0.05, 0) is 38.1 Å². The Hall–Kier alpha value is -2.49. The van der Waals surface area contributed by atoms with Gasteiger partial charge in [0.1, 0.15) is 5.75 Å². The predicted octanol–water partition coefficient (Wildman–Crippen LogP) is 4.36. The molecule has 1 amide bonds. The van der Waals surface area contributed by atoms with Crippen molar-refractivity contribution in [2.75, 3.05) is 11.9 Å². The highest BCUT2D eigenvalue weighted by Gasteiger charge is 2.08. The summed E-state index contributed by atoms with van der Waals surface area (Å²) < 4.78 is 10.6. The van der Waals surface area contributed by atoms with E-state index >= 15 is 0 Å². The van der Waals surface area contributed by atoms with Crippen molar-refractivity contribution >= 4 is 11.8 Å². The van der Waals surface area contributed by atoms with E-state index in [-0.39, 0.29) is 0 Å². The Labute approximate surface area is 118 Å². The van der Waals surface area contributed by atoms with Gasteiger partial charge >= 0.3 is 6.09 Å². The molecule has 0 radical (unpaired) electrons. The van der Waals surface area contributed by atoms with E-state index < -0.39 is 6.09 Å². The van der Waals surface area contributed by atoms with E-state index in [9.17, 15) is 4.79 Å². The smallest absolute Gasteiger partial charge is 0.411 e. The molecule has 0 bridgehead atoms. The Morgan fingerprint density at radius 3 is 2.50 bits per heavy atom. The van der Waals surface area contributed by atoms with Gasteiger partial charge in [-0.3, -0.25) is 5.32 Å². The molecule has 4 heteroatoms. The number of aryl methyl sites for hydroxylation is 1. The van der Waals surface area contributed by atoms with E-state index in [1.54, 1.807) is 19.1 Å². The van der Waals surface area contributed by atoms with Crippen LogP contribution < -0.4 is 10.1 Å². The van der Waals surface area contributed by atoms with Crippen molar-refractivity contribution in [3.05, 3.63) is 54.1 Å². The average molecular weight is 271 g/mol. The van der Waals surface area contributed by atoms with Crippen LogP contribution in [0, 0.1) is 6.92 Å². The summed E-state index contributed by atoms with van der Waals surface area (Å²) >= 11 is 0. The zero-order valence-corrected chi connectivity index (χ0v) is 11.6. The van der Waals surface area contributed by atoms with Gasteiger partial charge in [0.05, 0.1) is 12.3 Å². The summed E-state index contributed by atoms with van der Waals surface area (Å²) in [5.74, 6) is 1.29. The van der Waals surface area contributed by atoms with Gasteiger partial charge in [0.2, 0.25) is 0 Å². The summed E-state index contributed by atoms with van der Waals surface area (Å²) in [4.78, 5) is 11.5. The van der Waals surface area contributed by atoms with Crippen molar-refractivity contribution in [3.8, 4) is 11.5 Å². The Morgan fingerprint density at radius 1 is 1.10 bits per heavy atom. The molecule has 0 aromatic heterocycles.